The van der Waals surface area contributed by atoms with E-state index in [-0.39, 0.29) is 17.4 Å². The fourth-order valence-electron chi connectivity index (χ4n) is 1.27. The van der Waals surface area contributed by atoms with Gasteiger partial charge in [0.25, 0.3) is 0 Å². The van der Waals surface area contributed by atoms with Crippen molar-refractivity contribution >= 4 is 23.2 Å². The standard InChI is InChI=1S/C11H8ClFN2O2/c12-9-3-7(1-2-10(9)13)15-11(16)4-8-5-17-6-14-8/h1-3,5-6H,4H2,(H,15,16). The second kappa shape index (κ2) is 4.97. The van der Waals surface area contributed by atoms with Crippen molar-refractivity contribution in [3.8, 4) is 0 Å². The Morgan fingerprint density at radius 3 is 3.00 bits per heavy atom. The van der Waals surface area contributed by atoms with Gasteiger partial charge in [-0.3, -0.25) is 4.79 Å². The van der Waals surface area contributed by atoms with Crippen LogP contribution in [0.25, 0.3) is 0 Å². The molecule has 0 aliphatic rings. The number of hydrogen-bond acceptors (Lipinski definition) is 3. The van der Waals surface area contributed by atoms with Crippen molar-refractivity contribution in [2.45, 2.75) is 6.42 Å². The molecule has 0 radical (unpaired) electrons. The Hall–Kier alpha value is -1.88. The van der Waals surface area contributed by atoms with Crippen molar-refractivity contribution in [2.24, 2.45) is 0 Å². The van der Waals surface area contributed by atoms with Crippen molar-refractivity contribution in [3.05, 3.63) is 47.4 Å². The fourth-order valence-corrected chi connectivity index (χ4v) is 1.45. The van der Waals surface area contributed by atoms with Crippen LogP contribution in [0.3, 0.4) is 0 Å². The average molecular weight is 255 g/mol. The molecule has 1 amide bonds. The van der Waals surface area contributed by atoms with Crippen LogP contribution in [0.2, 0.25) is 5.02 Å². The summed E-state index contributed by atoms with van der Waals surface area (Å²) in [5.74, 6) is -0.803. The molecule has 0 aliphatic heterocycles. The van der Waals surface area contributed by atoms with Crippen molar-refractivity contribution in [1.29, 1.82) is 0 Å². The monoisotopic (exact) mass is 254 g/mol. The van der Waals surface area contributed by atoms with Crippen LogP contribution < -0.4 is 5.32 Å². The molecule has 0 spiro atoms. The van der Waals surface area contributed by atoms with Gasteiger partial charge in [0, 0.05) is 5.69 Å². The van der Waals surface area contributed by atoms with E-state index in [9.17, 15) is 9.18 Å². The van der Waals surface area contributed by atoms with E-state index in [1.54, 1.807) is 0 Å². The molecule has 1 aromatic carbocycles. The maximum absolute atomic E-state index is 12.9. The highest BCUT2D eigenvalue weighted by Crippen LogP contribution is 2.19. The van der Waals surface area contributed by atoms with Crippen molar-refractivity contribution in [3.63, 3.8) is 0 Å². The number of rotatable bonds is 3. The predicted octanol–water partition coefficient (Wildman–Crippen LogP) is 2.65. The molecule has 2 rings (SSSR count). The molecule has 4 nitrogen and oxygen atoms in total. The number of anilines is 1. The maximum Gasteiger partial charge on any atom is 0.230 e. The molecular formula is C11H8ClFN2O2. The van der Waals surface area contributed by atoms with Crippen LogP contribution in [0.4, 0.5) is 10.1 Å². The van der Waals surface area contributed by atoms with Crippen LogP contribution in [0.5, 0.6) is 0 Å². The highest BCUT2D eigenvalue weighted by Gasteiger charge is 2.07. The molecule has 17 heavy (non-hydrogen) atoms. The van der Waals surface area contributed by atoms with Crippen molar-refractivity contribution in [2.75, 3.05) is 5.32 Å². The minimum absolute atomic E-state index is 0.0377. The lowest BCUT2D eigenvalue weighted by atomic mass is 10.2. The third-order valence-corrected chi connectivity index (χ3v) is 2.32. The normalized spacial score (nSPS) is 10.2. The van der Waals surface area contributed by atoms with Crippen molar-refractivity contribution < 1.29 is 13.6 Å². The molecule has 0 aliphatic carbocycles. The summed E-state index contributed by atoms with van der Waals surface area (Å²) in [4.78, 5) is 15.4. The summed E-state index contributed by atoms with van der Waals surface area (Å²) in [5.41, 5.74) is 0.959. The lowest BCUT2D eigenvalue weighted by molar-refractivity contribution is -0.115. The van der Waals surface area contributed by atoms with Gasteiger partial charge in [0.2, 0.25) is 5.91 Å². The Balaban J connectivity index is 2.00. The van der Waals surface area contributed by atoms with Crippen LogP contribution in [0.1, 0.15) is 5.69 Å². The van der Waals surface area contributed by atoms with E-state index < -0.39 is 5.82 Å². The Labute approximate surface area is 101 Å². The van der Waals surface area contributed by atoms with Gasteiger partial charge >= 0.3 is 0 Å². The first-order chi connectivity index (χ1) is 8.15. The van der Waals surface area contributed by atoms with E-state index in [0.717, 1.165) is 0 Å². The quantitative estimate of drug-likeness (QED) is 0.916. The topological polar surface area (TPSA) is 55.1 Å². The summed E-state index contributed by atoms with van der Waals surface area (Å²) in [5, 5.41) is 2.54. The van der Waals surface area contributed by atoms with Gasteiger partial charge in [-0.15, -0.1) is 0 Å². The molecule has 0 unspecified atom stereocenters. The Morgan fingerprint density at radius 1 is 1.53 bits per heavy atom. The summed E-state index contributed by atoms with van der Waals surface area (Å²) in [7, 11) is 0. The second-order valence-corrected chi connectivity index (χ2v) is 3.74. The summed E-state index contributed by atoms with van der Waals surface area (Å²) in [6.07, 6.45) is 2.72. The van der Waals surface area contributed by atoms with Crippen molar-refractivity contribution in [1.82, 2.24) is 4.98 Å². The van der Waals surface area contributed by atoms with E-state index in [4.69, 9.17) is 16.0 Å². The fraction of sp³-hybridized carbons (Fsp3) is 0.0909. The van der Waals surface area contributed by atoms with Crippen LogP contribution in [-0.2, 0) is 11.2 Å². The Morgan fingerprint density at radius 2 is 2.35 bits per heavy atom. The zero-order valence-electron chi connectivity index (χ0n) is 8.61. The highest BCUT2D eigenvalue weighted by atomic mass is 35.5. The molecule has 88 valence electrons. The zero-order valence-corrected chi connectivity index (χ0v) is 9.37. The number of carbonyl (C=O) groups excluding carboxylic acids is 1. The summed E-state index contributed by atoms with van der Waals surface area (Å²) in [6.45, 7) is 0. The number of carbonyl (C=O) groups is 1. The number of nitrogens with one attached hydrogen (secondary N) is 1. The molecule has 0 saturated carbocycles. The smallest absolute Gasteiger partial charge is 0.230 e. The van der Waals surface area contributed by atoms with Gasteiger partial charge in [-0.1, -0.05) is 11.6 Å². The van der Waals surface area contributed by atoms with Gasteiger partial charge in [-0.2, -0.15) is 0 Å². The van der Waals surface area contributed by atoms with Crippen LogP contribution in [0.15, 0.2) is 35.3 Å². The van der Waals surface area contributed by atoms with Crippen LogP contribution >= 0.6 is 11.6 Å². The minimum Gasteiger partial charge on any atom is -0.451 e. The van der Waals surface area contributed by atoms with E-state index >= 15 is 0 Å². The van der Waals surface area contributed by atoms with Gasteiger partial charge in [0.15, 0.2) is 6.39 Å². The molecular weight excluding hydrogens is 247 g/mol. The molecule has 0 fully saturated rings. The molecule has 1 N–H and O–H groups in total. The highest BCUT2D eigenvalue weighted by molar-refractivity contribution is 6.31. The zero-order chi connectivity index (χ0) is 12.3. The van der Waals surface area contributed by atoms with Crippen LogP contribution in [-0.4, -0.2) is 10.9 Å². The number of nitrogens with zero attached hydrogens (tertiary/aromatic N) is 1. The SMILES string of the molecule is O=C(Cc1cocn1)Nc1ccc(F)c(Cl)c1. The van der Waals surface area contributed by atoms with E-state index in [0.29, 0.717) is 11.4 Å². The lowest BCUT2D eigenvalue weighted by Crippen LogP contribution is -2.14. The number of aromatic nitrogens is 1. The summed E-state index contributed by atoms with van der Waals surface area (Å²) in [6, 6.07) is 3.97. The van der Waals surface area contributed by atoms with Gasteiger partial charge in [0.1, 0.15) is 12.1 Å². The molecule has 1 aromatic heterocycles. The van der Waals surface area contributed by atoms with E-state index in [1.807, 2.05) is 0 Å². The molecule has 1 heterocycles. The summed E-state index contributed by atoms with van der Waals surface area (Å²) >= 11 is 5.59. The van der Waals surface area contributed by atoms with Gasteiger partial charge < -0.3 is 9.73 Å². The lowest BCUT2D eigenvalue weighted by Gasteiger charge is -2.04. The molecule has 6 heteroatoms. The average Bonchev–Trinajstić information content (AvgIpc) is 2.76. The number of hydrogen-bond donors (Lipinski definition) is 1. The maximum atomic E-state index is 12.9. The number of benzene rings is 1. The Kier molecular flexibility index (Phi) is 3.39. The molecule has 2 aromatic rings. The first kappa shape index (κ1) is 11.6. The minimum atomic E-state index is -0.527. The number of halogens is 2. The second-order valence-electron chi connectivity index (χ2n) is 3.33. The van der Waals surface area contributed by atoms with Gasteiger partial charge in [0.05, 0.1) is 17.1 Å². The largest absolute Gasteiger partial charge is 0.451 e. The number of oxazole rings is 1. The molecule has 0 saturated heterocycles. The third-order valence-electron chi connectivity index (χ3n) is 2.03. The first-order valence-corrected chi connectivity index (χ1v) is 5.15. The van der Waals surface area contributed by atoms with E-state index in [1.165, 1.54) is 30.9 Å². The molecule has 0 bridgehead atoms. The van der Waals surface area contributed by atoms with Gasteiger partial charge in [-0.25, -0.2) is 9.37 Å². The van der Waals surface area contributed by atoms with E-state index in [2.05, 4.69) is 10.3 Å². The summed E-state index contributed by atoms with van der Waals surface area (Å²) < 4.78 is 17.6. The predicted molar refractivity (Wildman–Crippen MR) is 60.2 cm³/mol. The number of amides is 1. The van der Waals surface area contributed by atoms with Crippen LogP contribution in [0, 0.1) is 5.82 Å². The molecule has 0 atom stereocenters. The van der Waals surface area contributed by atoms with Gasteiger partial charge in [-0.05, 0) is 18.2 Å². The third kappa shape index (κ3) is 3.04. The Bertz CT molecular complexity index is 528. The first-order valence-electron chi connectivity index (χ1n) is 4.77.